The van der Waals surface area contributed by atoms with Crippen molar-refractivity contribution >= 4 is 17.8 Å². The molecule has 0 aliphatic carbocycles. The number of nitrogens with zero attached hydrogens (tertiary/aromatic N) is 5. The number of benzene rings is 1. The van der Waals surface area contributed by atoms with E-state index < -0.39 is 17.6 Å². The number of aryl methyl sites for hydroxylation is 1. The van der Waals surface area contributed by atoms with Gasteiger partial charge in [0.05, 0.1) is 17.3 Å². The summed E-state index contributed by atoms with van der Waals surface area (Å²) in [6, 6.07) is 4.08. The number of amides is 1. The highest BCUT2D eigenvalue weighted by Gasteiger charge is 2.32. The van der Waals surface area contributed by atoms with E-state index in [1.54, 1.807) is 36.0 Å². The monoisotopic (exact) mass is 551 g/mol. The van der Waals surface area contributed by atoms with E-state index in [2.05, 4.69) is 48.9 Å². The van der Waals surface area contributed by atoms with Gasteiger partial charge in [0.1, 0.15) is 11.5 Å². The molecule has 0 bridgehead atoms. The van der Waals surface area contributed by atoms with E-state index in [1.165, 1.54) is 12.4 Å². The molecule has 4 rings (SSSR count). The first-order valence-electron chi connectivity index (χ1n) is 12.8. The fourth-order valence-electron chi connectivity index (χ4n) is 4.55. The van der Waals surface area contributed by atoms with Crippen LogP contribution in [0.2, 0.25) is 0 Å². The first-order chi connectivity index (χ1) is 19.0. The van der Waals surface area contributed by atoms with Gasteiger partial charge in [-0.1, -0.05) is 12.5 Å². The molecular formula is C29H32F3N7O. The highest BCUT2D eigenvalue weighted by molar-refractivity contribution is 6.06. The van der Waals surface area contributed by atoms with Crippen molar-refractivity contribution in [2.45, 2.75) is 32.1 Å². The number of hydrogen-bond acceptors (Lipinski definition) is 6. The fraction of sp³-hybridized carbons (Fsp3) is 0.345. The van der Waals surface area contributed by atoms with Gasteiger partial charge in [0.15, 0.2) is 0 Å². The van der Waals surface area contributed by atoms with Crippen molar-refractivity contribution in [3.63, 3.8) is 0 Å². The standard InChI is InChI=1S/C29H32F3N7O/c1-5-9-35-39-20(2)34-17-26(39)7-6-21-11-23(16-33-15-21)28(40)36-25-13-22(12-24(14-25)29(30,31)32)18-38-10-8-27(19-38)37(3)4/h5,9,11-14,16-17,27,33H,1,8,10,15,18-19H2,2-4H3,(H,36,40)/b35-9-/t27-/m1/s1. The molecule has 2 N–H and O–H groups in total. The van der Waals surface area contributed by atoms with Gasteiger partial charge in [0.25, 0.3) is 5.91 Å². The molecule has 2 aliphatic heterocycles. The average Bonchev–Trinajstić information content (AvgIpc) is 3.52. The first kappa shape index (κ1) is 28.9. The summed E-state index contributed by atoms with van der Waals surface area (Å²) in [5.74, 6) is 6.13. The van der Waals surface area contributed by atoms with Crippen LogP contribution in [0.1, 0.15) is 29.1 Å². The number of alkyl halides is 3. The predicted octanol–water partition coefficient (Wildman–Crippen LogP) is 3.77. The molecule has 8 nitrogen and oxygen atoms in total. The Morgan fingerprint density at radius 3 is 2.83 bits per heavy atom. The SMILES string of the molecule is C=C/C=N\n1c(C#CC2=CC(C(=O)Nc3cc(CN4CC[C@@H](N(C)C)C4)cc(C(F)(F)F)c3)=CNC2)cnc1C. The zero-order valence-corrected chi connectivity index (χ0v) is 22.7. The summed E-state index contributed by atoms with van der Waals surface area (Å²) in [5, 5.41) is 9.86. The maximum absolute atomic E-state index is 13.7. The van der Waals surface area contributed by atoms with Crippen molar-refractivity contribution in [2.75, 3.05) is 39.0 Å². The summed E-state index contributed by atoms with van der Waals surface area (Å²) in [6.07, 6.45) is 4.21. The van der Waals surface area contributed by atoms with E-state index in [9.17, 15) is 18.0 Å². The third kappa shape index (κ3) is 7.28. The van der Waals surface area contributed by atoms with Crippen molar-refractivity contribution in [2.24, 2.45) is 5.10 Å². The number of likely N-dealkylation sites (N-methyl/N-ethyl adjacent to an activating group) is 1. The van der Waals surface area contributed by atoms with Crippen LogP contribution in [0.15, 0.2) is 65.6 Å². The second-order valence-corrected chi connectivity index (χ2v) is 9.91. The Kier molecular flexibility index (Phi) is 8.92. The number of imidazole rings is 1. The van der Waals surface area contributed by atoms with Gasteiger partial charge in [0.2, 0.25) is 0 Å². The third-order valence-corrected chi connectivity index (χ3v) is 6.65. The number of halogens is 3. The van der Waals surface area contributed by atoms with Gasteiger partial charge in [-0.3, -0.25) is 9.69 Å². The van der Waals surface area contributed by atoms with Gasteiger partial charge < -0.3 is 15.5 Å². The summed E-state index contributed by atoms with van der Waals surface area (Å²) in [7, 11) is 4.00. The lowest BCUT2D eigenvalue weighted by atomic mass is 10.1. The molecular weight excluding hydrogens is 519 g/mol. The number of anilines is 1. The van der Waals surface area contributed by atoms with Gasteiger partial charge >= 0.3 is 6.18 Å². The number of nitrogens with one attached hydrogen (secondary N) is 2. The number of dihydropyridines is 1. The summed E-state index contributed by atoms with van der Waals surface area (Å²) < 4.78 is 42.7. The van der Waals surface area contributed by atoms with Crippen LogP contribution in [0.5, 0.6) is 0 Å². The molecule has 1 atom stereocenters. The van der Waals surface area contributed by atoms with Gasteiger partial charge in [-0.2, -0.15) is 18.3 Å². The molecule has 1 aromatic carbocycles. The van der Waals surface area contributed by atoms with Crippen molar-refractivity contribution < 1.29 is 18.0 Å². The van der Waals surface area contributed by atoms with Crippen LogP contribution in [0.4, 0.5) is 18.9 Å². The van der Waals surface area contributed by atoms with Crippen LogP contribution in [-0.2, 0) is 17.5 Å². The van der Waals surface area contributed by atoms with Crippen LogP contribution in [0.25, 0.3) is 0 Å². The zero-order chi connectivity index (χ0) is 28.9. The lowest BCUT2D eigenvalue weighted by Crippen LogP contribution is -2.31. The fourth-order valence-corrected chi connectivity index (χ4v) is 4.55. The molecule has 0 radical (unpaired) electrons. The number of allylic oxidation sites excluding steroid dienone is 1. The maximum atomic E-state index is 13.7. The minimum Gasteiger partial charge on any atom is -0.386 e. The lowest BCUT2D eigenvalue weighted by Gasteiger charge is -2.21. The number of carbonyl (C=O) groups is 1. The van der Waals surface area contributed by atoms with E-state index in [-0.39, 0.29) is 11.3 Å². The van der Waals surface area contributed by atoms with Crippen molar-refractivity contribution in [3.05, 3.63) is 83.1 Å². The lowest BCUT2D eigenvalue weighted by molar-refractivity contribution is -0.137. The smallest absolute Gasteiger partial charge is 0.386 e. The zero-order valence-electron chi connectivity index (χ0n) is 22.7. The largest absolute Gasteiger partial charge is 0.416 e. The van der Waals surface area contributed by atoms with Crippen LogP contribution >= 0.6 is 0 Å². The second-order valence-electron chi connectivity index (χ2n) is 9.91. The Labute approximate surface area is 231 Å². The Morgan fingerprint density at radius 2 is 2.12 bits per heavy atom. The normalized spacial score (nSPS) is 17.7. The number of rotatable bonds is 7. The molecule has 1 saturated heterocycles. The Morgan fingerprint density at radius 1 is 1.32 bits per heavy atom. The summed E-state index contributed by atoms with van der Waals surface area (Å²) in [4.78, 5) is 21.5. The van der Waals surface area contributed by atoms with Gasteiger partial charge in [-0.25, -0.2) is 9.66 Å². The van der Waals surface area contributed by atoms with Gasteiger partial charge in [0, 0.05) is 55.9 Å². The van der Waals surface area contributed by atoms with E-state index in [0.29, 0.717) is 41.8 Å². The molecule has 1 fully saturated rings. The second kappa shape index (κ2) is 12.4. The molecule has 210 valence electrons. The van der Waals surface area contributed by atoms with Crippen LogP contribution < -0.4 is 10.6 Å². The van der Waals surface area contributed by atoms with Gasteiger partial charge in [-0.05, 0) is 69.3 Å². The Balaban J connectivity index is 1.51. The molecule has 0 unspecified atom stereocenters. The topological polar surface area (TPSA) is 77.8 Å². The van der Waals surface area contributed by atoms with E-state index in [0.717, 1.165) is 31.6 Å². The molecule has 2 aromatic rings. The molecule has 40 heavy (non-hydrogen) atoms. The molecule has 3 heterocycles. The summed E-state index contributed by atoms with van der Waals surface area (Å²) in [5.41, 5.74) is 1.21. The molecule has 1 amide bonds. The average molecular weight is 552 g/mol. The molecule has 0 saturated carbocycles. The molecule has 11 heteroatoms. The van der Waals surface area contributed by atoms with Gasteiger partial charge in [-0.15, -0.1) is 0 Å². The highest BCUT2D eigenvalue weighted by Crippen LogP contribution is 2.33. The molecule has 0 spiro atoms. The minimum absolute atomic E-state index is 0.0881. The van der Waals surface area contributed by atoms with E-state index in [1.807, 2.05) is 14.1 Å². The van der Waals surface area contributed by atoms with E-state index >= 15 is 0 Å². The molecule has 2 aliphatic rings. The summed E-state index contributed by atoms with van der Waals surface area (Å²) in [6.45, 7) is 7.74. The number of likely N-dealkylation sites (tertiary alicyclic amines) is 1. The third-order valence-electron chi connectivity index (χ3n) is 6.65. The first-order valence-corrected chi connectivity index (χ1v) is 12.8. The van der Waals surface area contributed by atoms with Crippen LogP contribution in [-0.4, -0.2) is 71.4 Å². The predicted molar refractivity (Wildman–Crippen MR) is 150 cm³/mol. The Bertz CT molecular complexity index is 1420. The maximum Gasteiger partial charge on any atom is 0.416 e. The highest BCUT2D eigenvalue weighted by atomic mass is 19.4. The molecule has 1 aromatic heterocycles. The number of carbonyl (C=O) groups excluding carboxylic acids is 1. The van der Waals surface area contributed by atoms with E-state index in [4.69, 9.17) is 0 Å². The van der Waals surface area contributed by atoms with Crippen molar-refractivity contribution in [3.8, 4) is 11.8 Å². The Hall–Kier alpha value is -4.14. The number of hydrogen-bond donors (Lipinski definition) is 2. The minimum atomic E-state index is -4.54. The summed E-state index contributed by atoms with van der Waals surface area (Å²) >= 11 is 0. The van der Waals surface area contributed by atoms with Crippen molar-refractivity contribution in [1.29, 1.82) is 0 Å². The van der Waals surface area contributed by atoms with Crippen molar-refractivity contribution in [1.82, 2.24) is 24.8 Å². The van der Waals surface area contributed by atoms with Crippen LogP contribution in [0, 0.1) is 18.8 Å². The van der Waals surface area contributed by atoms with Crippen LogP contribution in [0.3, 0.4) is 0 Å². The number of aromatic nitrogens is 2. The quantitative estimate of drug-likeness (QED) is 0.405.